The summed E-state index contributed by atoms with van der Waals surface area (Å²) in [6, 6.07) is 6.68. The fraction of sp³-hybridized carbons (Fsp3) is 0.235. The number of amides is 1. The van der Waals surface area contributed by atoms with Crippen LogP contribution in [0.2, 0.25) is 10.0 Å². The third-order valence-corrected chi connectivity index (χ3v) is 4.01. The lowest BCUT2D eigenvalue weighted by Gasteiger charge is -2.08. The minimum Gasteiger partial charge on any atom is -0.398 e. The maximum Gasteiger partial charge on any atom is 0.273 e. The van der Waals surface area contributed by atoms with Crippen molar-refractivity contribution in [1.29, 1.82) is 0 Å². The number of oxime groups is 1. The number of rotatable bonds is 6. The van der Waals surface area contributed by atoms with Gasteiger partial charge in [-0.15, -0.1) is 0 Å². The molecule has 7 nitrogen and oxygen atoms in total. The molecule has 1 aromatic heterocycles. The number of hydrogen-bond acceptors (Lipinski definition) is 5. The van der Waals surface area contributed by atoms with Gasteiger partial charge in [0.2, 0.25) is 0 Å². The number of carbonyl (C=O) groups is 1. The molecule has 2 N–H and O–H groups in total. The molecule has 1 atom stereocenters. The Hall–Kier alpha value is -2.35. The first-order chi connectivity index (χ1) is 12.4. The molecule has 0 aliphatic carbocycles. The van der Waals surface area contributed by atoms with Crippen molar-refractivity contribution < 1.29 is 14.7 Å². The fourth-order valence-corrected chi connectivity index (χ4v) is 2.70. The zero-order valence-electron chi connectivity index (χ0n) is 14.4. The molecular formula is C17H18Cl2N4O3. The van der Waals surface area contributed by atoms with E-state index in [9.17, 15) is 9.90 Å². The average molecular weight is 397 g/mol. The Morgan fingerprint density at radius 3 is 2.77 bits per heavy atom. The number of aromatic nitrogens is 2. The van der Waals surface area contributed by atoms with E-state index in [1.165, 1.54) is 24.9 Å². The molecule has 1 heterocycles. The van der Waals surface area contributed by atoms with Crippen LogP contribution in [0.15, 0.2) is 47.3 Å². The molecule has 26 heavy (non-hydrogen) atoms. The highest BCUT2D eigenvalue weighted by Crippen LogP contribution is 2.25. The standard InChI is InChI=1S/C17H18Cl2N4O3/c1-10(16(22-26-3)17(25)20-2)8-15(24)13-6-7-23(21-13)14-5-4-11(18)9-12(14)19/h4-9,15,24H,1-3H3,(H,20,25). The van der Waals surface area contributed by atoms with Gasteiger partial charge in [-0.1, -0.05) is 28.4 Å². The maximum absolute atomic E-state index is 11.8. The lowest BCUT2D eigenvalue weighted by Crippen LogP contribution is -2.28. The van der Waals surface area contributed by atoms with Crippen LogP contribution in [0.1, 0.15) is 18.7 Å². The van der Waals surface area contributed by atoms with Crippen LogP contribution in [-0.4, -0.2) is 40.7 Å². The molecule has 0 saturated carbocycles. The smallest absolute Gasteiger partial charge is 0.273 e. The molecular weight excluding hydrogens is 379 g/mol. The van der Waals surface area contributed by atoms with Gasteiger partial charge in [0.15, 0.2) is 5.71 Å². The third-order valence-electron chi connectivity index (χ3n) is 3.48. The zero-order chi connectivity index (χ0) is 19.3. The zero-order valence-corrected chi connectivity index (χ0v) is 15.9. The molecule has 9 heteroatoms. The first-order valence-electron chi connectivity index (χ1n) is 7.58. The van der Waals surface area contributed by atoms with E-state index in [2.05, 4.69) is 20.4 Å². The highest BCUT2D eigenvalue weighted by Gasteiger charge is 2.16. The highest BCUT2D eigenvalue weighted by molar-refractivity contribution is 6.45. The van der Waals surface area contributed by atoms with Gasteiger partial charge in [-0.05, 0) is 42.8 Å². The van der Waals surface area contributed by atoms with Crippen molar-refractivity contribution in [3.8, 4) is 5.69 Å². The Kier molecular flexibility index (Phi) is 6.79. The molecule has 2 rings (SSSR count). The molecule has 2 aromatic rings. The predicted molar refractivity (Wildman–Crippen MR) is 101 cm³/mol. The monoisotopic (exact) mass is 396 g/mol. The van der Waals surface area contributed by atoms with E-state index >= 15 is 0 Å². The maximum atomic E-state index is 11.8. The van der Waals surface area contributed by atoms with Gasteiger partial charge < -0.3 is 15.3 Å². The summed E-state index contributed by atoms with van der Waals surface area (Å²) in [5.74, 6) is -0.425. The number of nitrogens with zero attached hydrogens (tertiary/aromatic N) is 3. The first kappa shape index (κ1) is 20.0. The lowest BCUT2D eigenvalue weighted by molar-refractivity contribution is -0.114. The van der Waals surface area contributed by atoms with Gasteiger partial charge in [-0.2, -0.15) is 5.10 Å². The molecule has 0 radical (unpaired) electrons. The number of benzene rings is 1. The second-order valence-electron chi connectivity index (χ2n) is 5.28. The summed E-state index contributed by atoms with van der Waals surface area (Å²) in [6.45, 7) is 1.64. The molecule has 1 aromatic carbocycles. The Morgan fingerprint density at radius 1 is 1.42 bits per heavy atom. The third kappa shape index (κ3) is 4.63. The summed E-state index contributed by atoms with van der Waals surface area (Å²) in [5, 5.41) is 21.8. The molecule has 0 spiro atoms. The van der Waals surface area contributed by atoms with Crippen molar-refractivity contribution in [2.45, 2.75) is 13.0 Å². The summed E-state index contributed by atoms with van der Waals surface area (Å²) < 4.78 is 1.53. The normalized spacial score (nSPS) is 13.5. The SMILES string of the molecule is CNC(=O)C(=NOC)C(C)=CC(O)c1ccn(-c2ccc(Cl)cc2Cl)n1. The van der Waals surface area contributed by atoms with Gasteiger partial charge in [-0.3, -0.25) is 4.79 Å². The minimum atomic E-state index is -1.05. The van der Waals surface area contributed by atoms with Gasteiger partial charge in [0, 0.05) is 18.3 Å². The minimum absolute atomic E-state index is 0.0641. The number of aliphatic hydroxyl groups is 1. The predicted octanol–water partition coefficient (Wildman–Crippen LogP) is 2.91. The van der Waals surface area contributed by atoms with E-state index in [4.69, 9.17) is 23.2 Å². The second kappa shape index (κ2) is 8.84. The van der Waals surface area contributed by atoms with E-state index < -0.39 is 12.0 Å². The Labute approximate surface area is 160 Å². The summed E-state index contributed by atoms with van der Waals surface area (Å²) in [5.41, 5.74) is 1.51. The van der Waals surface area contributed by atoms with Gasteiger partial charge in [-0.25, -0.2) is 4.68 Å². The van der Waals surface area contributed by atoms with Crippen LogP contribution in [0.5, 0.6) is 0 Å². The largest absolute Gasteiger partial charge is 0.398 e. The van der Waals surface area contributed by atoms with Crippen LogP contribution >= 0.6 is 23.2 Å². The molecule has 0 aliphatic heterocycles. The topological polar surface area (TPSA) is 88.7 Å². The molecule has 0 saturated heterocycles. The number of carbonyl (C=O) groups excluding carboxylic acids is 1. The summed E-state index contributed by atoms with van der Waals surface area (Å²) in [6.07, 6.45) is 2.08. The van der Waals surface area contributed by atoms with Crippen molar-refractivity contribution >= 4 is 34.8 Å². The molecule has 0 bridgehead atoms. The Balaban J connectivity index is 2.28. The Bertz CT molecular complexity index is 861. The van der Waals surface area contributed by atoms with Gasteiger partial charge in [0.1, 0.15) is 13.2 Å². The van der Waals surface area contributed by atoms with Gasteiger partial charge >= 0.3 is 0 Å². The first-order valence-corrected chi connectivity index (χ1v) is 8.34. The number of nitrogens with one attached hydrogen (secondary N) is 1. The van der Waals surface area contributed by atoms with Crippen molar-refractivity contribution in [2.24, 2.45) is 5.16 Å². The van der Waals surface area contributed by atoms with Crippen LogP contribution in [0.25, 0.3) is 5.69 Å². The van der Waals surface area contributed by atoms with Crippen molar-refractivity contribution in [1.82, 2.24) is 15.1 Å². The molecule has 0 aliphatic rings. The average Bonchev–Trinajstić information content (AvgIpc) is 3.08. The van der Waals surface area contributed by atoms with Crippen molar-refractivity contribution in [3.63, 3.8) is 0 Å². The quantitative estimate of drug-likeness (QED) is 0.580. The molecule has 0 fully saturated rings. The fourth-order valence-electron chi connectivity index (χ4n) is 2.20. The summed E-state index contributed by atoms with van der Waals surface area (Å²) in [4.78, 5) is 16.5. The van der Waals surface area contributed by atoms with Crippen LogP contribution in [0, 0.1) is 0 Å². The van der Waals surface area contributed by atoms with E-state index in [1.54, 1.807) is 37.4 Å². The lowest BCUT2D eigenvalue weighted by atomic mass is 10.1. The van der Waals surface area contributed by atoms with Crippen LogP contribution in [-0.2, 0) is 9.63 Å². The molecule has 1 unspecified atom stereocenters. The number of aliphatic hydroxyl groups excluding tert-OH is 1. The number of halogens is 2. The van der Waals surface area contributed by atoms with E-state index in [0.29, 0.717) is 27.0 Å². The van der Waals surface area contributed by atoms with Gasteiger partial charge in [0.25, 0.3) is 5.91 Å². The van der Waals surface area contributed by atoms with Gasteiger partial charge in [0.05, 0.1) is 16.4 Å². The van der Waals surface area contributed by atoms with E-state index in [-0.39, 0.29) is 5.71 Å². The highest BCUT2D eigenvalue weighted by atomic mass is 35.5. The Morgan fingerprint density at radius 2 is 2.15 bits per heavy atom. The second-order valence-corrected chi connectivity index (χ2v) is 6.12. The summed E-state index contributed by atoms with van der Waals surface area (Å²) >= 11 is 12.1. The summed E-state index contributed by atoms with van der Waals surface area (Å²) in [7, 11) is 2.82. The van der Waals surface area contributed by atoms with Crippen LogP contribution in [0.3, 0.4) is 0 Å². The van der Waals surface area contributed by atoms with Crippen molar-refractivity contribution in [3.05, 3.63) is 57.9 Å². The molecule has 138 valence electrons. The van der Waals surface area contributed by atoms with Crippen LogP contribution in [0.4, 0.5) is 0 Å². The van der Waals surface area contributed by atoms with Crippen LogP contribution < -0.4 is 5.32 Å². The van der Waals surface area contributed by atoms with Crippen molar-refractivity contribution in [2.75, 3.05) is 14.2 Å². The molecule has 1 amide bonds. The van der Waals surface area contributed by atoms with E-state index in [1.807, 2.05) is 0 Å². The number of hydrogen-bond donors (Lipinski definition) is 2. The van der Waals surface area contributed by atoms with E-state index in [0.717, 1.165) is 0 Å².